The molecule has 0 fully saturated rings. The Morgan fingerprint density at radius 2 is 2.15 bits per heavy atom. The minimum atomic E-state index is -0.517. The van der Waals surface area contributed by atoms with Crippen molar-refractivity contribution in [3.63, 3.8) is 0 Å². The summed E-state index contributed by atoms with van der Waals surface area (Å²) >= 11 is 0. The normalized spacial score (nSPS) is 11.7. The van der Waals surface area contributed by atoms with Crippen LogP contribution in [0.5, 0.6) is 0 Å². The van der Waals surface area contributed by atoms with Gasteiger partial charge in [0.15, 0.2) is 11.6 Å². The molecular formula is C17H23N7O2. The number of carbonyl (C=O) groups is 1. The van der Waals surface area contributed by atoms with Crippen LogP contribution in [0.2, 0.25) is 0 Å². The number of H-pyrrole nitrogens is 1. The molecule has 9 nitrogen and oxygen atoms in total. The average Bonchev–Trinajstić information content (AvgIpc) is 3.16. The van der Waals surface area contributed by atoms with Gasteiger partial charge in [-0.25, -0.2) is 9.78 Å². The summed E-state index contributed by atoms with van der Waals surface area (Å²) in [5, 5.41) is 11.3. The van der Waals surface area contributed by atoms with Gasteiger partial charge in [-0.05, 0) is 33.8 Å². The number of nitrogens with zero attached hydrogens (tertiary/aromatic N) is 5. The number of aromatic amines is 1. The summed E-state index contributed by atoms with van der Waals surface area (Å²) in [6, 6.07) is 1.84. The standard InChI is InChI=1S/C17H23N7O2/c1-5-24-13(7-9-19-16(25)26-17(2,3)4)22-23-15(24)14-20-11-6-8-18-10-12(11)21-14/h6,8,10H,5,7,9H2,1-4H3,(H,19,25)(H,20,21). The summed E-state index contributed by atoms with van der Waals surface area (Å²) in [7, 11) is 0. The molecule has 0 bridgehead atoms. The fourth-order valence-electron chi connectivity index (χ4n) is 2.58. The predicted octanol–water partition coefficient (Wildman–Crippen LogP) is 2.30. The number of carbonyl (C=O) groups excluding carboxylic acids is 1. The molecule has 0 unspecified atom stereocenters. The molecule has 0 spiro atoms. The fraction of sp³-hybridized carbons (Fsp3) is 0.471. The highest BCUT2D eigenvalue weighted by molar-refractivity contribution is 5.77. The SMILES string of the molecule is CCn1c(CCNC(=O)OC(C)(C)C)nnc1-c1nc2ccncc2[nH]1. The Kier molecular flexibility index (Phi) is 4.88. The Bertz CT molecular complexity index is 874. The summed E-state index contributed by atoms with van der Waals surface area (Å²) in [5.41, 5.74) is 1.16. The van der Waals surface area contributed by atoms with Crippen LogP contribution in [0.1, 0.15) is 33.5 Å². The van der Waals surface area contributed by atoms with Gasteiger partial charge in [0.1, 0.15) is 11.4 Å². The van der Waals surface area contributed by atoms with Gasteiger partial charge >= 0.3 is 6.09 Å². The molecule has 0 saturated carbocycles. The molecule has 3 rings (SSSR count). The number of rotatable bonds is 5. The highest BCUT2D eigenvalue weighted by Gasteiger charge is 2.18. The van der Waals surface area contributed by atoms with Gasteiger partial charge in [0.2, 0.25) is 0 Å². The molecule has 26 heavy (non-hydrogen) atoms. The van der Waals surface area contributed by atoms with Crippen molar-refractivity contribution in [1.29, 1.82) is 0 Å². The first kappa shape index (κ1) is 17.8. The van der Waals surface area contributed by atoms with Crippen LogP contribution in [0.4, 0.5) is 4.79 Å². The van der Waals surface area contributed by atoms with Crippen molar-refractivity contribution in [1.82, 2.24) is 35.0 Å². The molecule has 0 saturated heterocycles. The topological polar surface area (TPSA) is 111 Å². The number of amides is 1. The molecule has 2 N–H and O–H groups in total. The number of hydrogen-bond acceptors (Lipinski definition) is 6. The number of alkyl carbamates (subject to hydrolysis) is 1. The Labute approximate surface area is 151 Å². The van der Waals surface area contributed by atoms with Gasteiger partial charge in [-0.3, -0.25) is 4.98 Å². The summed E-state index contributed by atoms with van der Waals surface area (Å²) < 4.78 is 7.20. The number of aromatic nitrogens is 6. The zero-order valence-electron chi connectivity index (χ0n) is 15.4. The van der Waals surface area contributed by atoms with E-state index in [0.29, 0.717) is 31.2 Å². The van der Waals surface area contributed by atoms with Crippen molar-refractivity contribution >= 4 is 17.1 Å². The zero-order valence-corrected chi connectivity index (χ0v) is 15.4. The van der Waals surface area contributed by atoms with Crippen LogP contribution in [0.3, 0.4) is 0 Å². The maximum atomic E-state index is 11.7. The van der Waals surface area contributed by atoms with E-state index >= 15 is 0 Å². The van der Waals surface area contributed by atoms with E-state index < -0.39 is 11.7 Å². The third-order valence-electron chi connectivity index (χ3n) is 3.66. The van der Waals surface area contributed by atoms with Gasteiger partial charge in [0.05, 0.1) is 17.2 Å². The van der Waals surface area contributed by atoms with Crippen LogP contribution in [-0.4, -0.2) is 48.0 Å². The Morgan fingerprint density at radius 3 is 2.85 bits per heavy atom. The van der Waals surface area contributed by atoms with Gasteiger partial charge in [-0.2, -0.15) is 0 Å². The van der Waals surface area contributed by atoms with E-state index in [4.69, 9.17) is 4.74 Å². The smallest absolute Gasteiger partial charge is 0.407 e. The second-order valence-corrected chi connectivity index (χ2v) is 6.84. The van der Waals surface area contributed by atoms with E-state index in [0.717, 1.165) is 16.9 Å². The molecule has 3 aromatic rings. The van der Waals surface area contributed by atoms with Crippen molar-refractivity contribution in [3.05, 3.63) is 24.3 Å². The lowest BCUT2D eigenvalue weighted by atomic mass is 10.2. The van der Waals surface area contributed by atoms with Crippen molar-refractivity contribution in [2.75, 3.05) is 6.54 Å². The molecule has 1 amide bonds. The highest BCUT2D eigenvalue weighted by atomic mass is 16.6. The van der Waals surface area contributed by atoms with Gasteiger partial charge < -0.3 is 19.6 Å². The molecule has 0 atom stereocenters. The summed E-state index contributed by atoms with van der Waals surface area (Å²) in [6.07, 6.45) is 3.53. The Morgan fingerprint density at radius 1 is 1.35 bits per heavy atom. The number of pyridine rings is 1. The number of nitrogens with one attached hydrogen (secondary N) is 2. The molecule has 9 heteroatoms. The zero-order chi connectivity index (χ0) is 18.7. The first-order valence-electron chi connectivity index (χ1n) is 8.56. The van der Waals surface area contributed by atoms with Gasteiger partial charge in [-0.15, -0.1) is 10.2 Å². The molecule has 138 valence electrons. The lowest BCUT2D eigenvalue weighted by Crippen LogP contribution is -2.33. The van der Waals surface area contributed by atoms with Crippen LogP contribution >= 0.6 is 0 Å². The van der Waals surface area contributed by atoms with Crippen LogP contribution in [0.25, 0.3) is 22.7 Å². The highest BCUT2D eigenvalue weighted by Crippen LogP contribution is 2.19. The Hall–Kier alpha value is -2.97. The fourth-order valence-corrected chi connectivity index (χ4v) is 2.58. The molecule has 0 aliphatic rings. The minimum absolute atomic E-state index is 0.414. The maximum absolute atomic E-state index is 11.7. The third-order valence-corrected chi connectivity index (χ3v) is 3.66. The van der Waals surface area contributed by atoms with E-state index in [1.54, 1.807) is 12.4 Å². The summed E-state index contributed by atoms with van der Waals surface area (Å²) in [6.45, 7) is 8.61. The predicted molar refractivity (Wildman–Crippen MR) is 96.5 cm³/mol. The van der Waals surface area contributed by atoms with Crippen molar-refractivity contribution in [2.24, 2.45) is 0 Å². The molecule has 0 aliphatic heterocycles. The maximum Gasteiger partial charge on any atom is 0.407 e. The number of imidazole rings is 1. The Balaban J connectivity index is 1.71. The van der Waals surface area contributed by atoms with E-state index in [2.05, 4.69) is 30.5 Å². The van der Waals surface area contributed by atoms with Gasteiger partial charge in [0, 0.05) is 25.7 Å². The van der Waals surface area contributed by atoms with E-state index in [9.17, 15) is 4.79 Å². The number of ether oxygens (including phenoxy) is 1. The van der Waals surface area contributed by atoms with Crippen LogP contribution < -0.4 is 5.32 Å². The first-order valence-corrected chi connectivity index (χ1v) is 8.56. The molecule has 0 aliphatic carbocycles. The molecule has 3 heterocycles. The van der Waals surface area contributed by atoms with E-state index in [1.807, 2.05) is 38.3 Å². The second-order valence-electron chi connectivity index (χ2n) is 6.84. The van der Waals surface area contributed by atoms with Crippen LogP contribution in [0.15, 0.2) is 18.5 Å². The minimum Gasteiger partial charge on any atom is -0.444 e. The number of hydrogen-bond donors (Lipinski definition) is 2. The third kappa shape index (κ3) is 3.98. The van der Waals surface area contributed by atoms with Gasteiger partial charge in [-0.1, -0.05) is 0 Å². The number of fused-ring (bicyclic) bond motifs is 1. The molecule has 3 aromatic heterocycles. The van der Waals surface area contributed by atoms with Crippen LogP contribution in [-0.2, 0) is 17.7 Å². The first-order chi connectivity index (χ1) is 12.4. The monoisotopic (exact) mass is 357 g/mol. The van der Waals surface area contributed by atoms with Gasteiger partial charge in [0.25, 0.3) is 0 Å². The molecule has 0 aromatic carbocycles. The molecular weight excluding hydrogens is 334 g/mol. The second kappa shape index (κ2) is 7.11. The van der Waals surface area contributed by atoms with Crippen molar-refractivity contribution < 1.29 is 9.53 Å². The van der Waals surface area contributed by atoms with E-state index in [-0.39, 0.29) is 0 Å². The largest absolute Gasteiger partial charge is 0.444 e. The quantitative estimate of drug-likeness (QED) is 0.725. The summed E-state index contributed by atoms with van der Waals surface area (Å²) in [5.74, 6) is 2.09. The van der Waals surface area contributed by atoms with E-state index in [1.165, 1.54) is 0 Å². The lowest BCUT2D eigenvalue weighted by molar-refractivity contribution is 0.0528. The van der Waals surface area contributed by atoms with Crippen molar-refractivity contribution in [3.8, 4) is 11.6 Å². The lowest BCUT2D eigenvalue weighted by Gasteiger charge is -2.19. The average molecular weight is 357 g/mol. The summed E-state index contributed by atoms with van der Waals surface area (Å²) in [4.78, 5) is 23.6. The van der Waals surface area contributed by atoms with Crippen LogP contribution in [0, 0.1) is 0 Å². The van der Waals surface area contributed by atoms with Crippen molar-refractivity contribution in [2.45, 2.75) is 46.3 Å². The molecule has 0 radical (unpaired) electrons.